The molecule has 0 amide bonds. The first-order chi connectivity index (χ1) is 13.6. The minimum atomic E-state index is 0.486. The molecule has 0 bridgehead atoms. The SMILES string of the molecule is Cn1cc(-c2nc3ccc(N)c(C=N)c3c3c2CCCC3)c2ccc(Cl)nc21. The van der Waals surface area contributed by atoms with Gasteiger partial charge in [0.2, 0.25) is 0 Å². The highest BCUT2D eigenvalue weighted by atomic mass is 35.5. The van der Waals surface area contributed by atoms with E-state index in [1.165, 1.54) is 17.3 Å². The lowest BCUT2D eigenvalue weighted by Gasteiger charge is -2.22. The Morgan fingerprint density at radius 3 is 2.68 bits per heavy atom. The lowest BCUT2D eigenvalue weighted by molar-refractivity contribution is 0.689. The van der Waals surface area contributed by atoms with Crippen LogP contribution in [-0.4, -0.2) is 20.7 Å². The molecule has 5 nitrogen and oxygen atoms in total. The van der Waals surface area contributed by atoms with E-state index in [9.17, 15) is 0 Å². The van der Waals surface area contributed by atoms with Crippen LogP contribution in [0.3, 0.4) is 0 Å². The second kappa shape index (κ2) is 6.31. The number of nitrogens with one attached hydrogen (secondary N) is 1. The van der Waals surface area contributed by atoms with Crippen molar-refractivity contribution in [1.82, 2.24) is 14.5 Å². The van der Waals surface area contributed by atoms with Crippen molar-refractivity contribution in [2.45, 2.75) is 25.7 Å². The number of halogens is 1. The van der Waals surface area contributed by atoms with Crippen LogP contribution in [0.1, 0.15) is 29.5 Å². The molecule has 0 saturated carbocycles. The van der Waals surface area contributed by atoms with E-state index >= 15 is 0 Å². The summed E-state index contributed by atoms with van der Waals surface area (Å²) in [6.07, 6.45) is 7.70. The third-order valence-electron chi connectivity index (χ3n) is 5.73. The molecule has 0 atom stereocenters. The number of fused-ring (bicyclic) bond motifs is 4. The summed E-state index contributed by atoms with van der Waals surface area (Å²) < 4.78 is 2.00. The summed E-state index contributed by atoms with van der Waals surface area (Å²) in [6, 6.07) is 7.66. The van der Waals surface area contributed by atoms with Crippen molar-refractivity contribution < 1.29 is 0 Å². The summed E-state index contributed by atoms with van der Waals surface area (Å²) in [5.74, 6) is 0. The first-order valence-electron chi connectivity index (χ1n) is 9.45. The summed E-state index contributed by atoms with van der Waals surface area (Å²) in [6.45, 7) is 0. The number of aromatic nitrogens is 3. The number of hydrogen-bond donors (Lipinski definition) is 2. The molecule has 140 valence electrons. The molecule has 4 aromatic rings. The van der Waals surface area contributed by atoms with Crippen molar-refractivity contribution >= 4 is 45.4 Å². The van der Waals surface area contributed by atoms with Gasteiger partial charge in [-0.25, -0.2) is 9.97 Å². The third-order valence-corrected chi connectivity index (χ3v) is 5.94. The van der Waals surface area contributed by atoms with Crippen LogP contribution in [0.25, 0.3) is 33.2 Å². The number of rotatable bonds is 2. The van der Waals surface area contributed by atoms with Crippen LogP contribution in [0, 0.1) is 5.41 Å². The molecule has 3 heterocycles. The molecule has 1 aromatic carbocycles. The molecule has 0 radical (unpaired) electrons. The van der Waals surface area contributed by atoms with Crippen LogP contribution in [-0.2, 0) is 19.9 Å². The molecule has 3 N–H and O–H groups in total. The molecule has 0 unspecified atom stereocenters. The largest absolute Gasteiger partial charge is 0.398 e. The van der Waals surface area contributed by atoms with Crippen molar-refractivity contribution in [2.75, 3.05) is 5.73 Å². The van der Waals surface area contributed by atoms with Crippen LogP contribution in [0.2, 0.25) is 5.15 Å². The van der Waals surface area contributed by atoms with E-state index in [-0.39, 0.29) is 0 Å². The fourth-order valence-corrected chi connectivity index (χ4v) is 4.60. The lowest BCUT2D eigenvalue weighted by atomic mass is 9.85. The molecule has 1 aliphatic carbocycles. The second-order valence-electron chi connectivity index (χ2n) is 7.39. The summed E-state index contributed by atoms with van der Waals surface area (Å²) in [5, 5.41) is 10.4. The summed E-state index contributed by atoms with van der Waals surface area (Å²) >= 11 is 6.11. The number of benzene rings is 1. The van der Waals surface area contributed by atoms with Gasteiger partial charge in [0, 0.05) is 47.0 Å². The first-order valence-corrected chi connectivity index (χ1v) is 9.82. The molecule has 0 saturated heterocycles. The van der Waals surface area contributed by atoms with Gasteiger partial charge in [-0.15, -0.1) is 0 Å². The standard InChI is InChI=1S/C22H20ClN5/c1-28-11-16(14-6-9-19(23)27-22(14)28)21-13-5-3-2-4-12(13)20-15(10-24)17(25)7-8-18(20)26-21/h6-11,24H,2-5,25H2,1H3. The molecule has 0 spiro atoms. The topological polar surface area (TPSA) is 80.6 Å². The number of nitrogen functional groups attached to an aromatic ring is 1. The van der Waals surface area contributed by atoms with Crippen molar-refractivity contribution in [2.24, 2.45) is 7.05 Å². The number of nitrogens with two attached hydrogens (primary N) is 1. The van der Waals surface area contributed by atoms with E-state index < -0.39 is 0 Å². The molecular weight excluding hydrogens is 370 g/mol. The van der Waals surface area contributed by atoms with Crippen LogP contribution >= 0.6 is 11.6 Å². The molecule has 1 aliphatic rings. The van der Waals surface area contributed by atoms with Gasteiger partial charge in [-0.05, 0) is 61.1 Å². The number of nitrogens with zero attached hydrogens (tertiary/aromatic N) is 3. The summed E-state index contributed by atoms with van der Waals surface area (Å²) in [5.41, 5.74) is 14.0. The van der Waals surface area contributed by atoms with E-state index in [0.717, 1.165) is 64.4 Å². The maximum absolute atomic E-state index is 7.88. The normalized spacial score (nSPS) is 13.8. The fourth-order valence-electron chi connectivity index (χ4n) is 4.46. The van der Waals surface area contributed by atoms with E-state index in [4.69, 9.17) is 27.7 Å². The molecule has 3 aromatic heterocycles. The highest BCUT2D eigenvalue weighted by Crippen LogP contribution is 2.39. The smallest absolute Gasteiger partial charge is 0.142 e. The van der Waals surface area contributed by atoms with Crippen molar-refractivity contribution in [3.8, 4) is 11.3 Å². The Morgan fingerprint density at radius 2 is 1.89 bits per heavy atom. The predicted molar refractivity (Wildman–Crippen MR) is 115 cm³/mol. The van der Waals surface area contributed by atoms with Gasteiger partial charge in [0.1, 0.15) is 10.8 Å². The molecule has 28 heavy (non-hydrogen) atoms. The van der Waals surface area contributed by atoms with E-state index in [0.29, 0.717) is 10.8 Å². The fraction of sp³-hybridized carbons (Fsp3) is 0.227. The molecule has 6 heteroatoms. The zero-order chi connectivity index (χ0) is 19.4. The molecule has 5 rings (SSSR count). The highest BCUT2D eigenvalue weighted by Gasteiger charge is 2.23. The Balaban J connectivity index is 1.90. The van der Waals surface area contributed by atoms with Gasteiger partial charge in [-0.1, -0.05) is 11.6 Å². The number of hydrogen-bond acceptors (Lipinski definition) is 4. The average molecular weight is 390 g/mol. The van der Waals surface area contributed by atoms with Crippen LogP contribution < -0.4 is 5.73 Å². The van der Waals surface area contributed by atoms with Crippen LogP contribution in [0.5, 0.6) is 0 Å². The first kappa shape index (κ1) is 17.2. The minimum Gasteiger partial charge on any atom is -0.398 e. The Labute approximate surface area is 167 Å². The zero-order valence-corrected chi connectivity index (χ0v) is 16.3. The van der Waals surface area contributed by atoms with E-state index in [1.54, 1.807) is 0 Å². The molecule has 0 aliphatic heterocycles. The van der Waals surface area contributed by atoms with Crippen LogP contribution in [0.4, 0.5) is 5.69 Å². The number of anilines is 1. The maximum atomic E-state index is 7.88. The number of aryl methyl sites for hydroxylation is 2. The molecule has 0 fully saturated rings. The second-order valence-corrected chi connectivity index (χ2v) is 7.78. The van der Waals surface area contributed by atoms with Crippen molar-refractivity contribution in [1.29, 1.82) is 5.41 Å². The predicted octanol–water partition coefficient (Wildman–Crippen LogP) is 4.90. The van der Waals surface area contributed by atoms with Crippen molar-refractivity contribution in [3.63, 3.8) is 0 Å². The molecular formula is C22H20ClN5. The van der Waals surface area contributed by atoms with Gasteiger partial charge >= 0.3 is 0 Å². The lowest BCUT2D eigenvalue weighted by Crippen LogP contribution is -2.09. The maximum Gasteiger partial charge on any atom is 0.142 e. The summed E-state index contributed by atoms with van der Waals surface area (Å²) in [7, 11) is 1.98. The quantitative estimate of drug-likeness (QED) is 0.290. The van der Waals surface area contributed by atoms with E-state index in [2.05, 4.69) is 11.2 Å². The summed E-state index contributed by atoms with van der Waals surface area (Å²) in [4.78, 5) is 9.55. The zero-order valence-electron chi connectivity index (χ0n) is 15.6. The number of pyridine rings is 2. The van der Waals surface area contributed by atoms with Gasteiger partial charge in [0.05, 0.1) is 11.2 Å². The van der Waals surface area contributed by atoms with E-state index in [1.807, 2.05) is 35.9 Å². The monoisotopic (exact) mass is 389 g/mol. The minimum absolute atomic E-state index is 0.486. The van der Waals surface area contributed by atoms with Crippen molar-refractivity contribution in [3.05, 3.63) is 52.3 Å². The third kappa shape index (κ3) is 2.43. The van der Waals surface area contributed by atoms with Gasteiger partial charge in [0.25, 0.3) is 0 Å². The van der Waals surface area contributed by atoms with Gasteiger partial charge < -0.3 is 15.7 Å². The Morgan fingerprint density at radius 1 is 1.11 bits per heavy atom. The Bertz CT molecular complexity index is 1270. The average Bonchev–Trinajstić information content (AvgIpc) is 3.03. The van der Waals surface area contributed by atoms with Gasteiger partial charge in [0.15, 0.2) is 0 Å². The Kier molecular flexibility index (Phi) is 3.88. The highest BCUT2D eigenvalue weighted by molar-refractivity contribution is 6.29. The Hall–Kier alpha value is -2.92. The van der Waals surface area contributed by atoms with Gasteiger partial charge in [-0.2, -0.15) is 0 Å². The van der Waals surface area contributed by atoms with Gasteiger partial charge in [-0.3, -0.25) is 0 Å². The van der Waals surface area contributed by atoms with Crippen LogP contribution in [0.15, 0.2) is 30.5 Å².